The maximum Gasteiger partial charge on any atom is 0.226 e. The smallest absolute Gasteiger partial charge is 0.226 e. The zero-order valence-electron chi connectivity index (χ0n) is 16.1. The van der Waals surface area contributed by atoms with Crippen LogP contribution in [0.2, 0.25) is 0 Å². The van der Waals surface area contributed by atoms with Gasteiger partial charge in [-0.2, -0.15) is 5.26 Å². The number of carbonyl (C=O) groups is 1. The summed E-state index contributed by atoms with van der Waals surface area (Å²) in [5, 5.41) is 11.8. The molecule has 1 aromatic carbocycles. The first kappa shape index (κ1) is 19.6. The second kappa shape index (κ2) is 8.09. The minimum Gasteiger partial charge on any atom is -0.494 e. The Kier molecular flexibility index (Phi) is 6.10. The van der Waals surface area contributed by atoms with Crippen LogP contribution in [-0.4, -0.2) is 12.5 Å². The molecule has 1 N–H and O–H groups in total. The highest BCUT2D eigenvalue weighted by atomic mass is 16.5. The topological polar surface area (TPSA) is 75.3 Å². The Morgan fingerprint density at radius 1 is 1.23 bits per heavy atom. The lowest BCUT2D eigenvalue weighted by atomic mass is 9.87. The van der Waals surface area contributed by atoms with Crippen LogP contribution in [0.3, 0.4) is 0 Å². The first-order chi connectivity index (χ1) is 12.2. The van der Waals surface area contributed by atoms with E-state index in [0.29, 0.717) is 30.8 Å². The molecule has 0 saturated carbocycles. The normalized spacial score (nSPS) is 11.1. The van der Waals surface area contributed by atoms with Gasteiger partial charge in [0.15, 0.2) is 0 Å². The first-order valence-corrected chi connectivity index (χ1v) is 8.75. The fourth-order valence-electron chi connectivity index (χ4n) is 2.51. The van der Waals surface area contributed by atoms with Gasteiger partial charge in [0.05, 0.1) is 6.61 Å². The van der Waals surface area contributed by atoms with Gasteiger partial charge in [-0.15, -0.1) is 0 Å². The molecule has 0 radical (unpaired) electrons. The van der Waals surface area contributed by atoms with Gasteiger partial charge in [0.2, 0.25) is 11.8 Å². The third kappa shape index (κ3) is 4.89. The predicted molar refractivity (Wildman–Crippen MR) is 101 cm³/mol. The van der Waals surface area contributed by atoms with Crippen LogP contribution in [0.25, 0.3) is 0 Å². The minimum atomic E-state index is -0.193. The summed E-state index contributed by atoms with van der Waals surface area (Å²) in [4.78, 5) is 12.0. The van der Waals surface area contributed by atoms with Crippen LogP contribution in [-0.2, 0) is 10.2 Å². The number of nitrogens with zero attached hydrogens (tertiary/aromatic N) is 1. The lowest BCUT2D eigenvalue weighted by Gasteiger charge is -2.19. The maximum absolute atomic E-state index is 12.0. The largest absolute Gasteiger partial charge is 0.494 e. The fourth-order valence-corrected chi connectivity index (χ4v) is 2.51. The summed E-state index contributed by atoms with van der Waals surface area (Å²) in [6.07, 6.45) is 0.872. The van der Waals surface area contributed by atoms with E-state index >= 15 is 0 Å². The number of benzene rings is 1. The number of furan rings is 1. The Morgan fingerprint density at radius 3 is 2.46 bits per heavy atom. The van der Waals surface area contributed by atoms with Crippen LogP contribution < -0.4 is 10.1 Å². The molecule has 1 heterocycles. The van der Waals surface area contributed by atoms with E-state index in [1.807, 2.05) is 12.1 Å². The highest BCUT2D eigenvalue weighted by Crippen LogP contribution is 2.26. The van der Waals surface area contributed by atoms with Crippen molar-refractivity contribution in [3.05, 3.63) is 46.7 Å². The van der Waals surface area contributed by atoms with E-state index < -0.39 is 0 Å². The number of anilines is 1. The second-order valence-corrected chi connectivity index (χ2v) is 7.37. The molecule has 5 heteroatoms. The highest BCUT2D eigenvalue weighted by Gasteiger charge is 2.16. The Balaban J connectivity index is 1.79. The SMILES string of the molecule is Cc1oc(NC(=O)CCCOc2ccc(C(C)(C)C)cc2)c(C#N)c1C. The molecule has 0 fully saturated rings. The van der Waals surface area contributed by atoms with Gasteiger partial charge >= 0.3 is 0 Å². The van der Waals surface area contributed by atoms with Crippen LogP contribution in [0.15, 0.2) is 28.7 Å². The van der Waals surface area contributed by atoms with E-state index in [0.717, 1.165) is 11.3 Å². The molecular weight excluding hydrogens is 328 g/mol. The molecule has 0 spiro atoms. The second-order valence-electron chi connectivity index (χ2n) is 7.37. The van der Waals surface area contributed by atoms with Crippen LogP contribution in [0.5, 0.6) is 5.75 Å². The highest BCUT2D eigenvalue weighted by molar-refractivity contribution is 5.90. The third-order valence-electron chi connectivity index (χ3n) is 4.29. The summed E-state index contributed by atoms with van der Waals surface area (Å²) in [5.74, 6) is 1.47. The van der Waals surface area contributed by atoms with Gasteiger partial charge in [0.25, 0.3) is 0 Å². The van der Waals surface area contributed by atoms with Crippen LogP contribution in [0.1, 0.15) is 56.1 Å². The Bertz CT molecular complexity index is 806. The number of rotatable bonds is 6. The van der Waals surface area contributed by atoms with Gasteiger partial charge in [-0.1, -0.05) is 32.9 Å². The number of carbonyl (C=O) groups excluding carboxylic acids is 1. The molecule has 0 aliphatic heterocycles. The molecule has 0 aliphatic carbocycles. The summed E-state index contributed by atoms with van der Waals surface area (Å²) in [5.41, 5.74) is 2.50. The van der Waals surface area contributed by atoms with Crippen molar-refractivity contribution in [2.45, 2.75) is 52.9 Å². The molecule has 0 atom stereocenters. The molecule has 5 nitrogen and oxygen atoms in total. The number of hydrogen-bond donors (Lipinski definition) is 1. The number of aryl methyl sites for hydroxylation is 1. The van der Waals surface area contributed by atoms with Crippen molar-refractivity contribution in [1.82, 2.24) is 0 Å². The molecular formula is C21H26N2O3. The number of ether oxygens (including phenoxy) is 1. The number of hydrogen-bond acceptors (Lipinski definition) is 4. The molecule has 26 heavy (non-hydrogen) atoms. The van der Waals surface area contributed by atoms with E-state index in [-0.39, 0.29) is 17.2 Å². The van der Waals surface area contributed by atoms with Crippen LogP contribution >= 0.6 is 0 Å². The number of nitrogens with one attached hydrogen (secondary N) is 1. The standard InChI is InChI=1S/C21H26N2O3/c1-14-15(2)26-20(18(14)13-22)23-19(24)7-6-12-25-17-10-8-16(9-11-17)21(3,4)5/h8-11H,6-7,12H2,1-5H3,(H,23,24). The van der Waals surface area contributed by atoms with E-state index in [2.05, 4.69) is 44.3 Å². The summed E-state index contributed by atoms with van der Waals surface area (Å²) in [6, 6.07) is 10.1. The lowest BCUT2D eigenvalue weighted by Crippen LogP contribution is -2.13. The van der Waals surface area contributed by atoms with Gasteiger partial charge < -0.3 is 9.15 Å². The van der Waals surface area contributed by atoms with Crippen molar-refractivity contribution in [1.29, 1.82) is 5.26 Å². The van der Waals surface area contributed by atoms with Crippen molar-refractivity contribution in [3.8, 4) is 11.8 Å². The van der Waals surface area contributed by atoms with Gasteiger partial charge in [0.1, 0.15) is 23.1 Å². The summed E-state index contributed by atoms with van der Waals surface area (Å²) in [7, 11) is 0. The van der Waals surface area contributed by atoms with Crippen molar-refractivity contribution < 1.29 is 13.9 Å². The molecule has 0 saturated heterocycles. The number of amides is 1. The monoisotopic (exact) mass is 354 g/mol. The van der Waals surface area contributed by atoms with Crippen LogP contribution in [0, 0.1) is 25.2 Å². The van der Waals surface area contributed by atoms with E-state index in [4.69, 9.17) is 14.4 Å². The van der Waals surface area contributed by atoms with E-state index in [9.17, 15) is 4.79 Å². The molecule has 1 aromatic heterocycles. The molecule has 2 aromatic rings. The van der Waals surface area contributed by atoms with Crippen molar-refractivity contribution in [2.24, 2.45) is 0 Å². The quantitative estimate of drug-likeness (QED) is 0.751. The van der Waals surface area contributed by atoms with Crippen LogP contribution in [0.4, 0.5) is 5.88 Å². The average Bonchev–Trinajstić information content (AvgIpc) is 2.84. The molecule has 0 unspecified atom stereocenters. The zero-order valence-corrected chi connectivity index (χ0v) is 16.1. The Labute approximate surface area is 155 Å². The van der Waals surface area contributed by atoms with Crippen molar-refractivity contribution in [3.63, 3.8) is 0 Å². The fraction of sp³-hybridized carbons (Fsp3) is 0.429. The van der Waals surface area contributed by atoms with Crippen molar-refractivity contribution >= 4 is 11.8 Å². The lowest BCUT2D eigenvalue weighted by molar-refractivity contribution is -0.116. The summed E-state index contributed by atoms with van der Waals surface area (Å²) >= 11 is 0. The molecule has 1 amide bonds. The van der Waals surface area contributed by atoms with Gasteiger partial charge in [0, 0.05) is 12.0 Å². The Hall–Kier alpha value is -2.74. The molecule has 0 aliphatic rings. The summed E-state index contributed by atoms with van der Waals surface area (Å²) < 4.78 is 11.1. The average molecular weight is 354 g/mol. The Morgan fingerprint density at radius 2 is 1.88 bits per heavy atom. The zero-order chi connectivity index (χ0) is 19.3. The van der Waals surface area contributed by atoms with E-state index in [1.165, 1.54) is 5.56 Å². The van der Waals surface area contributed by atoms with E-state index in [1.54, 1.807) is 13.8 Å². The summed E-state index contributed by atoms with van der Waals surface area (Å²) in [6.45, 7) is 10.5. The van der Waals surface area contributed by atoms with Gasteiger partial charge in [-0.05, 0) is 43.4 Å². The minimum absolute atomic E-state index is 0.113. The number of nitriles is 1. The predicted octanol–water partition coefficient (Wildman–Crippen LogP) is 4.86. The van der Waals surface area contributed by atoms with Gasteiger partial charge in [-0.25, -0.2) is 0 Å². The molecule has 0 bridgehead atoms. The maximum atomic E-state index is 12.0. The van der Waals surface area contributed by atoms with Crippen molar-refractivity contribution in [2.75, 3.05) is 11.9 Å². The van der Waals surface area contributed by atoms with Gasteiger partial charge in [-0.3, -0.25) is 10.1 Å². The first-order valence-electron chi connectivity index (χ1n) is 8.75. The molecule has 138 valence electrons. The molecule has 2 rings (SSSR count). The third-order valence-corrected chi connectivity index (χ3v) is 4.29.